The Hall–Kier alpha value is -3.94. The Morgan fingerprint density at radius 2 is 1.56 bits per heavy atom. The number of benzene rings is 1. The van der Waals surface area contributed by atoms with Gasteiger partial charge in [-0.2, -0.15) is 0 Å². The summed E-state index contributed by atoms with van der Waals surface area (Å²) in [5.74, 6) is -0.196. The number of hydrogen-bond donors (Lipinski definition) is 0. The number of aryl methyl sites for hydroxylation is 2. The van der Waals surface area contributed by atoms with Crippen LogP contribution in [-0.4, -0.2) is 57.2 Å². The predicted octanol–water partition coefficient (Wildman–Crippen LogP) is 2.66. The number of rotatable bonds is 2. The van der Waals surface area contributed by atoms with Gasteiger partial charge >= 0.3 is 5.63 Å². The molecule has 0 aliphatic carbocycles. The molecule has 0 N–H and O–H groups in total. The average Bonchev–Trinajstić information content (AvgIpc) is 3.18. The zero-order chi connectivity index (χ0) is 22.4. The second-order valence-corrected chi connectivity index (χ2v) is 8.11. The summed E-state index contributed by atoms with van der Waals surface area (Å²) in [6.07, 6.45) is 3.28. The molecule has 162 valence electrons. The third-order valence-electron chi connectivity index (χ3n) is 5.92. The number of amides is 2. The van der Waals surface area contributed by atoms with Gasteiger partial charge in [0.25, 0.3) is 11.8 Å². The van der Waals surface area contributed by atoms with E-state index in [0.717, 1.165) is 11.3 Å². The largest absolute Gasteiger partial charge is 0.405 e. The second-order valence-electron chi connectivity index (χ2n) is 8.11. The minimum absolute atomic E-state index is 0.0730. The first-order valence-corrected chi connectivity index (χ1v) is 10.5. The van der Waals surface area contributed by atoms with Gasteiger partial charge in [-0.05, 0) is 49.7 Å². The van der Waals surface area contributed by atoms with Crippen LogP contribution in [0.1, 0.15) is 32.0 Å². The van der Waals surface area contributed by atoms with Crippen molar-refractivity contribution in [2.75, 3.05) is 26.2 Å². The van der Waals surface area contributed by atoms with Gasteiger partial charge in [0.15, 0.2) is 0 Å². The number of fused-ring (bicyclic) bond motifs is 3. The topological polar surface area (TPSA) is 88.1 Å². The van der Waals surface area contributed by atoms with Gasteiger partial charge in [0.05, 0.1) is 16.5 Å². The van der Waals surface area contributed by atoms with E-state index in [9.17, 15) is 14.4 Å². The van der Waals surface area contributed by atoms with E-state index in [1.54, 1.807) is 46.5 Å². The smallest absolute Gasteiger partial charge is 0.346 e. The van der Waals surface area contributed by atoms with E-state index in [-0.39, 0.29) is 11.8 Å². The van der Waals surface area contributed by atoms with Gasteiger partial charge in [0, 0.05) is 55.9 Å². The molecule has 1 aliphatic heterocycles. The molecule has 1 aromatic carbocycles. The van der Waals surface area contributed by atoms with Crippen LogP contribution < -0.4 is 5.63 Å². The fraction of sp³-hybridized carbons (Fsp3) is 0.250. The maximum absolute atomic E-state index is 13.2. The first-order valence-electron chi connectivity index (χ1n) is 10.5. The number of piperazine rings is 1. The molecular weight excluding hydrogens is 408 g/mol. The molecule has 0 atom stereocenters. The normalized spacial score (nSPS) is 14.3. The fourth-order valence-corrected chi connectivity index (χ4v) is 4.23. The molecule has 1 fully saturated rings. The van der Waals surface area contributed by atoms with Crippen LogP contribution >= 0.6 is 0 Å². The molecule has 32 heavy (non-hydrogen) atoms. The summed E-state index contributed by atoms with van der Waals surface area (Å²) in [6, 6.07) is 10.5. The molecule has 0 radical (unpaired) electrons. The van der Waals surface area contributed by atoms with Crippen LogP contribution in [0.2, 0.25) is 0 Å². The van der Waals surface area contributed by atoms with Crippen molar-refractivity contribution in [3.05, 3.63) is 81.6 Å². The van der Waals surface area contributed by atoms with Crippen molar-refractivity contribution in [1.29, 1.82) is 0 Å². The maximum Gasteiger partial charge on any atom is 0.346 e. The molecule has 8 heteroatoms. The van der Waals surface area contributed by atoms with E-state index < -0.39 is 5.63 Å². The number of hydrogen-bond acceptors (Lipinski definition) is 5. The van der Waals surface area contributed by atoms with Gasteiger partial charge in [-0.3, -0.25) is 19.0 Å². The number of carbonyl (C=O) groups is 2. The minimum atomic E-state index is -0.428. The van der Waals surface area contributed by atoms with Gasteiger partial charge in [-0.25, -0.2) is 4.79 Å². The van der Waals surface area contributed by atoms with E-state index in [0.29, 0.717) is 53.9 Å². The zero-order valence-electron chi connectivity index (χ0n) is 17.9. The monoisotopic (exact) mass is 430 g/mol. The third kappa shape index (κ3) is 3.33. The Balaban J connectivity index is 1.37. The average molecular weight is 430 g/mol. The highest BCUT2D eigenvalue weighted by Gasteiger charge is 2.26. The summed E-state index contributed by atoms with van der Waals surface area (Å²) in [5.41, 5.74) is 3.57. The van der Waals surface area contributed by atoms with Crippen LogP contribution in [0, 0.1) is 13.8 Å². The Morgan fingerprint density at radius 3 is 2.25 bits per heavy atom. The lowest BCUT2D eigenvalue weighted by Gasteiger charge is -2.34. The standard InChI is InChI=1S/C24H22N4O4/c1-15-11-18(14-25-13-15)23(30)27-9-7-26(8-10-27)22(29)17-4-5-19-20(12-17)28-16(2)3-6-21(28)32-24(19)31/h3-6,11-14H,7-10H2,1-2H3. The Bertz CT molecular complexity index is 1430. The van der Waals surface area contributed by atoms with Gasteiger partial charge < -0.3 is 14.2 Å². The molecule has 8 nitrogen and oxygen atoms in total. The van der Waals surface area contributed by atoms with Gasteiger partial charge in [-0.1, -0.05) is 0 Å². The molecule has 1 saturated heterocycles. The van der Waals surface area contributed by atoms with Crippen molar-refractivity contribution < 1.29 is 14.0 Å². The Morgan fingerprint density at radius 1 is 0.875 bits per heavy atom. The van der Waals surface area contributed by atoms with Crippen molar-refractivity contribution in [3.63, 3.8) is 0 Å². The molecule has 3 aromatic heterocycles. The van der Waals surface area contributed by atoms with Crippen LogP contribution in [-0.2, 0) is 0 Å². The lowest BCUT2D eigenvalue weighted by atomic mass is 10.1. The summed E-state index contributed by atoms with van der Waals surface area (Å²) in [4.78, 5) is 45.8. The minimum Gasteiger partial charge on any atom is -0.405 e. The third-order valence-corrected chi connectivity index (χ3v) is 5.92. The quantitative estimate of drug-likeness (QED) is 0.488. The molecule has 0 saturated carbocycles. The molecule has 0 unspecified atom stereocenters. The molecular formula is C24H22N4O4. The van der Waals surface area contributed by atoms with E-state index in [1.165, 1.54) is 0 Å². The highest BCUT2D eigenvalue weighted by Crippen LogP contribution is 2.20. The first-order chi connectivity index (χ1) is 15.4. The Labute approximate surface area is 183 Å². The molecule has 2 amide bonds. The van der Waals surface area contributed by atoms with Crippen LogP contribution in [0.15, 0.2) is 58.0 Å². The van der Waals surface area contributed by atoms with Crippen molar-refractivity contribution >= 4 is 28.4 Å². The van der Waals surface area contributed by atoms with E-state index in [1.807, 2.05) is 30.4 Å². The zero-order valence-corrected chi connectivity index (χ0v) is 17.9. The van der Waals surface area contributed by atoms with Crippen LogP contribution in [0.3, 0.4) is 0 Å². The lowest BCUT2D eigenvalue weighted by molar-refractivity contribution is 0.0535. The van der Waals surface area contributed by atoms with Gasteiger partial charge in [-0.15, -0.1) is 0 Å². The molecule has 1 aliphatic rings. The highest BCUT2D eigenvalue weighted by atomic mass is 16.4. The molecule has 4 heterocycles. The molecule has 0 spiro atoms. The van der Waals surface area contributed by atoms with Crippen molar-refractivity contribution in [3.8, 4) is 0 Å². The van der Waals surface area contributed by atoms with Crippen LogP contribution in [0.25, 0.3) is 16.6 Å². The van der Waals surface area contributed by atoms with Crippen molar-refractivity contribution in [1.82, 2.24) is 19.2 Å². The fourth-order valence-electron chi connectivity index (χ4n) is 4.23. The number of carbonyl (C=O) groups excluding carboxylic acids is 2. The van der Waals surface area contributed by atoms with Crippen molar-refractivity contribution in [2.45, 2.75) is 13.8 Å². The summed E-state index contributed by atoms with van der Waals surface area (Å²) < 4.78 is 7.19. The first kappa shape index (κ1) is 20.0. The van der Waals surface area contributed by atoms with E-state index in [4.69, 9.17) is 4.42 Å². The summed E-state index contributed by atoms with van der Waals surface area (Å²) >= 11 is 0. The number of pyridine rings is 1. The molecule has 0 bridgehead atoms. The maximum atomic E-state index is 13.2. The second kappa shape index (κ2) is 7.64. The summed E-state index contributed by atoms with van der Waals surface area (Å²) in [5, 5.41) is 0.426. The summed E-state index contributed by atoms with van der Waals surface area (Å²) in [7, 11) is 0. The number of aromatic nitrogens is 2. The van der Waals surface area contributed by atoms with Crippen LogP contribution in [0.5, 0.6) is 0 Å². The van der Waals surface area contributed by atoms with Gasteiger partial charge in [0.2, 0.25) is 5.71 Å². The SMILES string of the molecule is Cc1cncc(C(=O)N2CCN(C(=O)c3ccc4c(=O)oc5ccc(C)n5c4c3)CC2)c1. The molecule has 4 aromatic rings. The summed E-state index contributed by atoms with van der Waals surface area (Å²) in [6.45, 7) is 5.61. The van der Waals surface area contributed by atoms with Crippen LogP contribution in [0.4, 0.5) is 0 Å². The number of nitrogens with zero attached hydrogens (tertiary/aromatic N) is 4. The van der Waals surface area contributed by atoms with E-state index in [2.05, 4.69) is 4.98 Å². The van der Waals surface area contributed by atoms with Crippen molar-refractivity contribution in [2.24, 2.45) is 0 Å². The predicted molar refractivity (Wildman–Crippen MR) is 119 cm³/mol. The Kier molecular flexibility index (Phi) is 4.77. The molecule has 5 rings (SSSR count). The van der Waals surface area contributed by atoms with Gasteiger partial charge in [0.1, 0.15) is 0 Å². The highest BCUT2D eigenvalue weighted by molar-refractivity contribution is 5.98. The lowest BCUT2D eigenvalue weighted by Crippen LogP contribution is -2.50. The van der Waals surface area contributed by atoms with E-state index >= 15 is 0 Å².